The zero-order valence-electron chi connectivity index (χ0n) is 14.7. The van der Waals surface area contributed by atoms with Crippen LogP contribution in [-0.4, -0.2) is 37.5 Å². The van der Waals surface area contributed by atoms with Gasteiger partial charge in [-0.1, -0.05) is 12.1 Å². The Morgan fingerprint density at radius 1 is 1.29 bits per heavy atom. The average molecular weight is 393 g/mol. The van der Waals surface area contributed by atoms with Gasteiger partial charge in [-0.3, -0.25) is 20.0 Å². The number of carbonyl (C=O) groups is 1. The van der Waals surface area contributed by atoms with Crippen molar-refractivity contribution >= 4 is 44.1 Å². The Bertz CT molecular complexity index is 1200. The smallest absolute Gasteiger partial charge is 0.275 e. The second-order valence-corrected chi connectivity index (χ2v) is 7.80. The molecule has 8 nitrogen and oxygen atoms in total. The summed E-state index contributed by atoms with van der Waals surface area (Å²) in [4.78, 5) is 30.4. The van der Waals surface area contributed by atoms with Crippen LogP contribution in [-0.2, 0) is 0 Å². The number of benzene rings is 2. The van der Waals surface area contributed by atoms with Crippen LogP contribution in [0.15, 0.2) is 42.5 Å². The van der Waals surface area contributed by atoms with E-state index in [9.17, 15) is 14.9 Å². The molecule has 2 aromatic carbocycles. The van der Waals surface area contributed by atoms with Crippen LogP contribution in [0.5, 0.6) is 0 Å². The van der Waals surface area contributed by atoms with E-state index >= 15 is 0 Å². The Morgan fingerprint density at radius 2 is 2.14 bits per heavy atom. The van der Waals surface area contributed by atoms with Gasteiger partial charge in [-0.25, -0.2) is 4.98 Å². The van der Waals surface area contributed by atoms with E-state index in [-0.39, 0.29) is 23.3 Å². The zero-order chi connectivity index (χ0) is 19.3. The number of H-pyrrole nitrogens is 1. The third kappa shape index (κ3) is 2.63. The van der Waals surface area contributed by atoms with Crippen LogP contribution in [0.25, 0.3) is 21.1 Å². The number of thiazole rings is 1. The fourth-order valence-electron chi connectivity index (χ4n) is 3.71. The number of aromatic nitrogens is 3. The highest BCUT2D eigenvalue weighted by molar-refractivity contribution is 7.18. The predicted molar refractivity (Wildman–Crippen MR) is 105 cm³/mol. The average Bonchev–Trinajstić information content (AvgIpc) is 3.43. The minimum absolute atomic E-state index is 0.0629. The third-order valence-corrected chi connectivity index (χ3v) is 6.21. The molecule has 0 radical (unpaired) electrons. The molecular weight excluding hydrogens is 378 g/mol. The van der Waals surface area contributed by atoms with Crippen molar-refractivity contribution in [3.8, 4) is 0 Å². The van der Waals surface area contributed by atoms with Crippen molar-refractivity contribution in [2.45, 2.75) is 18.9 Å². The molecule has 1 fully saturated rings. The number of hydrogen-bond donors (Lipinski definition) is 1. The molecule has 1 saturated heterocycles. The predicted octanol–water partition coefficient (Wildman–Crippen LogP) is 4.06. The van der Waals surface area contributed by atoms with Gasteiger partial charge in [-0.15, -0.1) is 11.3 Å². The van der Waals surface area contributed by atoms with E-state index in [0.29, 0.717) is 17.4 Å². The standard InChI is InChI=1S/C19H15N5O3S/c25-19(17-12-10-11(24(26)27)7-8-13(12)21-22-17)23-9-3-5-15(23)18-20-14-4-1-2-6-16(14)28-18/h1-2,4,6-8,10,15H,3,5,9H2,(H,21,22)/t15-/m0/s1. The van der Waals surface area contributed by atoms with Crippen LogP contribution in [0, 0.1) is 10.1 Å². The van der Waals surface area contributed by atoms with Crippen LogP contribution in [0.2, 0.25) is 0 Å². The SMILES string of the molecule is O=C(c1n[nH]c2ccc([N+](=O)[O-])cc12)N1CCC[C@H]1c1nc2ccccc2s1. The van der Waals surface area contributed by atoms with Gasteiger partial charge >= 0.3 is 0 Å². The molecule has 1 atom stereocenters. The Labute approximate surface area is 163 Å². The molecule has 1 amide bonds. The van der Waals surface area contributed by atoms with Crippen molar-refractivity contribution in [1.82, 2.24) is 20.1 Å². The molecule has 1 aliphatic heterocycles. The van der Waals surface area contributed by atoms with Crippen LogP contribution in [0.3, 0.4) is 0 Å². The Morgan fingerprint density at radius 3 is 2.96 bits per heavy atom. The number of carbonyl (C=O) groups excluding carboxylic acids is 1. The summed E-state index contributed by atoms with van der Waals surface area (Å²) in [6.07, 6.45) is 1.73. The second kappa shape index (κ2) is 6.38. The first-order valence-corrected chi connectivity index (χ1v) is 9.72. The first-order chi connectivity index (χ1) is 13.6. The van der Waals surface area contributed by atoms with E-state index < -0.39 is 4.92 Å². The number of nitro benzene ring substituents is 1. The molecular formula is C19H15N5O3S. The van der Waals surface area contributed by atoms with Gasteiger partial charge in [0.15, 0.2) is 5.69 Å². The molecule has 0 bridgehead atoms. The first kappa shape index (κ1) is 16.8. The summed E-state index contributed by atoms with van der Waals surface area (Å²) in [7, 11) is 0. The monoisotopic (exact) mass is 393 g/mol. The largest absolute Gasteiger partial charge is 0.328 e. The van der Waals surface area contributed by atoms with Gasteiger partial charge in [0, 0.05) is 24.1 Å². The minimum atomic E-state index is -0.472. The molecule has 5 rings (SSSR count). The Kier molecular flexibility index (Phi) is 3.83. The van der Waals surface area contributed by atoms with E-state index in [4.69, 9.17) is 4.98 Å². The van der Waals surface area contributed by atoms with E-state index in [1.807, 2.05) is 24.3 Å². The van der Waals surface area contributed by atoms with Gasteiger partial charge in [-0.2, -0.15) is 5.10 Å². The molecule has 1 aliphatic rings. The van der Waals surface area contributed by atoms with Crippen LogP contribution in [0.1, 0.15) is 34.4 Å². The number of nitrogens with zero attached hydrogens (tertiary/aromatic N) is 4. The Balaban J connectivity index is 1.53. The van der Waals surface area contributed by atoms with Gasteiger partial charge in [0.05, 0.1) is 26.7 Å². The lowest BCUT2D eigenvalue weighted by Gasteiger charge is -2.22. The fourth-order valence-corrected chi connectivity index (χ4v) is 4.83. The van der Waals surface area contributed by atoms with E-state index in [1.165, 1.54) is 12.1 Å². The lowest BCUT2D eigenvalue weighted by molar-refractivity contribution is -0.384. The minimum Gasteiger partial charge on any atom is -0.328 e. The number of nitro groups is 1. The normalized spacial score (nSPS) is 16.9. The lowest BCUT2D eigenvalue weighted by Crippen LogP contribution is -2.31. The molecule has 3 heterocycles. The maximum Gasteiger partial charge on any atom is 0.275 e. The third-order valence-electron chi connectivity index (χ3n) is 5.07. The number of nitrogens with one attached hydrogen (secondary N) is 1. The highest BCUT2D eigenvalue weighted by atomic mass is 32.1. The van der Waals surface area contributed by atoms with Gasteiger partial charge < -0.3 is 4.90 Å². The molecule has 0 spiro atoms. The number of amides is 1. The van der Waals surface area contributed by atoms with Crippen molar-refractivity contribution < 1.29 is 9.72 Å². The summed E-state index contributed by atoms with van der Waals surface area (Å²) in [5.41, 5.74) is 1.69. The molecule has 2 aromatic heterocycles. The van der Waals surface area contributed by atoms with Gasteiger partial charge in [-0.05, 0) is 31.0 Å². The van der Waals surface area contributed by atoms with Gasteiger partial charge in [0.25, 0.3) is 11.6 Å². The Hall–Kier alpha value is -3.33. The summed E-state index contributed by atoms with van der Waals surface area (Å²) in [5, 5.41) is 19.4. The fraction of sp³-hybridized carbons (Fsp3) is 0.211. The van der Waals surface area contributed by atoms with Crippen molar-refractivity contribution in [2.75, 3.05) is 6.54 Å². The lowest BCUT2D eigenvalue weighted by atomic mass is 10.1. The van der Waals surface area contributed by atoms with Crippen LogP contribution >= 0.6 is 11.3 Å². The van der Waals surface area contributed by atoms with Crippen molar-refractivity contribution in [2.24, 2.45) is 0 Å². The van der Waals surface area contributed by atoms with Gasteiger partial charge in [0.1, 0.15) is 5.01 Å². The molecule has 0 aliphatic carbocycles. The molecule has 140 valence electrons. The number of likely N-dealkylation sites (tertiary alicyclic amines) is 1. The highest BCUT2D eigenvalue weighted by Gasteiger charge is 2.34. The number of rotatable bonds is 3. The molecule has 28 heavy (non-hydrogen) atoms. The number of hydrogen-bond acceptors (Lipinski definition) is 6. The molecule has 4 aromatic rings. The molecule has 1 N–H and O–H groups in total. The maximum absolute atomic E-state index is 13.3. The number of para-hydroxylation sites is 1. The topological polar surface area (TPSA) is 105 Å². The second-order valence-electron chi connectivity index (χ2n) is 6.74. The first-order valence-electron chi connectivity index (χ1n) is 8.91. The van der Waals surface area contributed by atoms with Crippen molar-refractivity contribution in [1.29, 1.82) is 0 Å². The summed E-state index contributed by atoms with van der Waals surface area (Å²) >= 11 is 1.60. The molecule has 9 heteroatoms. The molecule has 0 unspecified atom stereocenters. The van der Waals surface area contributed by atoms with Crippen LogP contribution in [0.4, 0.5) is 5.69 Å². The summed E-state index contributed by atoms with van der Waals surface area (Å²) in [6, 6.07) is 12.2. The number of aromatic amines is 1. The van der Waals surface area contributed by atoms with Gasteiger partial charge in [0.2, 0.25) is 0 Å². The molecule has 0 saturated carbocycles. The quantitative estimate of drug-likeness (QED) is 0.417. The van der Waals surface area contributed by atoms with Crippen molar-refractivity contribution in [3.05, 3.63) is 63.3 Å². The maximum atomic E-state index is 13.3. The number of fused-ring (bicyclic) bond motifs is 2. The van der Waals surface area contributed by atoms with Crippen molar-refractivity contribution in [3.63, 3.8) is 0 Å². The van der Waals surface area contributed by atoms with E-state index in [2.05, 4.69) is 10.2 Å². The summed E-state index contributed by atoms with van der Waals surface area (Å²) in [6.45, 7) is 0.614. The van der Waals surface area contributed by atoms with Crippen LogP contribution < -0.4 is 0 Å². The highest BCUT2D eigenvalue weighted by Crippen LogP contribution is 2.37. The van der Waals surface area contributed by atoms with E-state index in [0.717, 1.165) is 28.1 Å². The summed E-state index contributed by atoms with van der Waals surface area (Å²) < 4.78 is 1.10. The number of non-ortho nitro benzene ring substituents is 1. The summed E-state index contributed by atoms with van der Waals surface area (Å²) in [5.74, 6) is -0.228. The van der Waals surface area contributed by atoms with E-state index in [1.54, 1.807) is 22.3 Å². The zero-order valence-corrected chi connectivity index (χ0v) is 15.5.